The molecule has 5 nitrogen and oxygen atoms in total. The third kappa shape index (κ3) is 4.57. The fourth-order valence-corrected chi connectivity index (χ4v) is 3.58. The van der Waals surface area contributed by atoms with E-state index in [4.69, 9.17) is 0 Å². The Labute approximate surface area is 160 Å². The summed E-state index contributed by atoms with van der Waals surface area (Å²) >= 11 is 1.30. The average molecular weight is 383 g/mol. The van der Waals surface area contributed by atoms with E-state index in [0.717, 1.165) is 10.6 Å². The lowest BCUT2D eigenvalue weighted by atomic mass is 10.1. The van der Waals surface area contributed by atoms with Crippen molar-refractivity contribution in [2.75, 3.05) is 12.4 Å². The van der Waals surface area contributed by atoms with E-state index in [1.54, 1.807) is 50.4 Å². The number of aromatic nitrogens is 1. The zero-order chi connectivity index (χ0) is 19.4. The summed E-state index contributed by atoms with van der Waals surface area (Å²) < 4.78 is 13.0. The van der Waals surface area contributed by atoms with Gasteiger partial charge in [0.15, 0.2) is 0 Å². The number of hydrogen-bond acceptors (Lipinski definition) is 4. The summed E-state index contributed by atoms with van der Waals surface area (Å²) in [6, 6.07) is 12.9. The quantitative estimate of drug-likeness (QED) is 0.704. The molecule has 7 heteroatoms. The van der Waals surface area contributed by atoms with Crippen LogP contribution in [0.5, 0.6) is 0 Å². The normalized spacial score (nSPS) is 10.5. The van der Waals surface area contributed by atoms with Crippen LogP contribution in [0.4, 0.5) is 10.1 Å². The van der Waals surface area contributed by atoms with Crippen molar-refractivity contribution in [3.05, 3.63) is 81.1 Å². The number of hydrogen-bond donors (Lipinski definition) is 2. The molecule has 1 heterocycles. The van der Waals surface area contributed by atoms with E-state index >= 15 is 0 Å². The lowest BCUT2D eigenvalue weighted by molar-refractivity contribution is 0.0961. The van der Waals surface area contributed by atoms with Crippen LogP contribution in [0.15, 0.2) is 48.5 Å². The van der Waals surface area contributed by atoms with Gasteiger partial charge in [-0.25, -0.2) is 9.37 Å². The SMILES string of the molecule is CNC(=O)c1cccc(NC(=O)c2sc(Cc3ccc(F)cc3)nc2C)c1. The molecular weight excluding hydrogens is 365 g/mol. The summed E-state index contributed by atoms with van der Waals surface area (Å²) in [5.41, 5.74) is 2.56. The van der Waals surface area contributed by atoms with Crippen LogP contribution in [0.2, 0.25) is 0 Å². The summed E-state index contributed by atoms with van der Waals surface area (Å²) in [6.07, 6.45) is 0.533. The van der Waals surface area contributed by atoms with Crippen LogP contribution in [0, 0.1) is 12.7 Å². The van der Waals surface area contributed by atoms with E-state index < -0.39 is 0 Å². The topological polar surface area (TPSA) is 71.1 Å². The molecule has 0 aliphatic rings. The van der Waals surface area contributed by atoms with Crippen LogP contribution in [0.25, 0.3) is 0 Å². The van der Waals surface area contributed by atoms with Crippen molar-refractivity contribution in [1.29, 1.82) is 0 Å². The highest BCUT2D eigenvalue weighted by molar-refractivity contribution is 7.14. The number of carbonyl (C=O) groups excluding carboxylic acids is 2. The fourth-order valence-electron chi connectivity index (χ4n) is 2.59. The molecule has 2 aromatic carbocycles. The van der Waals surface area contributed by atoms with Crippen molar-refractivity contribution in [3.8, 4) is 0 Å². The van der Waals surface area contributed by atoms with Gasteiger partial charge in [0.05, 0.1) is 10.7 Å². The smallest absolute Gasteiger partial charge is 0.267 e. The minimum absolute atomic E-state index is 0.221. The maximum absolute atomic E-state index is 13.0. The molecule has 0 aliphatic carbocycles. The van der Waals surface area contributed by atoms with Crippen LogP contribution in [-0.4, -0.2) is 23.8 Å². The van der Waals surface area contributed by atoms with Crippen molar-refractivity contribution >= 4 is 28.8 Å². The van der Waals surface area contributed by atoms with Gasteiger partial charge >= 0.3 is 0 Å². The molecular formula is C20H18FN3O2S. The lowest BCUT2D eigenvalue weighted by Crippen LogP contribution is -2.18. The maximum atomic E-state index is 13.0. The largest absolute Gasteiger partial charge is 0.355 e. The molecule has 27 heavy (non-hydrogen) atoms. The monoisotopic (exact) mass is 383 g/mol. The predicted molar refractivity (Wildman–Crippen MR) is 104 cm³/mol. The number of thiazole rings is 1. The summed E-state index contributed by atoms with van der Waals surface area (Å²) in [5, 5.41) is 6.14. The van der Waals surface area contributed by atoms with E-state index in [0.29, 0.717) is 28.2 Å². The van der Waals surface area contributed by atoms with Gasteiger partial charge in [0, 0.05) is 24.7 Å². The van der Waals surface area contributed by atoms with Crippen molar-refractivity contribution in [3.63, 3.8) is 0 Å². The van der Waals surface area contributed by atoms with Crippen LogP contribution in [-0.2, 0) is 6.42 Å². The molecule has 0 fully saturated rings. The van der Waals surface area contributed by atoms with Gasteiger partial charge in [-0.2, -0.15) is 0 Å². The van der Waals surface area contributed by atoms with Crippen LogP contribution in [0.3, 0.4) is 0 Å². The third-order valence-corrected chi connectivity index (χ3v) is 5.08. The molecule has 0 saturated carbocycles. The Morgan fingerprint density at radius 1 is 1.11 bits per heavy atom. The summed E-state index contributed by atoms with van der Waals surface area (Å²) in [6.45, 7) is 1.78. The molecule has 2 amide bonds. The van der Waals surface area contributed by atoms with Gasteiger partial charge in [0.25, 0.3) is 11.8 Å². The van der Waals surface area contributed by atoms with Crippen molar-refractivity contribution in [2.24, 2.45) is 0 Å². The first-order valence-corrected chi connectivity index (χ1v) is 9.12. The second kappa shape index (κ2) is 8.09. The molecule has 0 radical (unpaired) electrons. The van der Waals surface area contributed by atoms with Crippen LogP contribution >= 0.6 is 11.3 Å². The summed E-state index contributed by atoms with van der Waals surface area (Å²) in [5.74, 6) is -0.779. The van der Waals surface area contributed by atoms with Crippen molar-refractivity contribution in [1.82, 2.24) is 10.3 Å². The molecule has 0 unspecified atom stereocenters. The van der Waals surface area contributed by atoms with Gasteiger partial charge in [0.1, 0.15) is 10.7 Å². The lowest BCUT2D eigenvalue weighted by Gasteiger charge is -2.06. The highest BCUT2D eigenvalue weighted by Gasteiger charge is 2.16. The Balaban J connectivity index is 1.74. The predicted octanol–water partition coefficient (Wildman–Crippen LogP) is 3.79. The zero-order valence-electron chi connectivity index (χ0n) is 14.9. The van der Waals surface area contributed by atoms with Gasteiger partial charge in [-0.05, 0) is 42.8 Å². The van der Waals surface area contributed by atoms with Gasteiger partial charge in [-0.3, -0.25) is 9.59 Å². The second-order valence-electron chi connectivity index (χ2n) is 5.94. The van der Waals surface area contributed by atoms with E-state index in [2.05, 4.69) is 15.6 Å². The molecule has 0 atom stereocenters. The summed E-state index contributed by atoms with van der Waals surface area (Å²) in [7, 11) is 1.55. The molecule has 0 spiro atoms. The number of rotatable bonds is 5. The second-order valence-corrected chi connectivity index (χ2v) is 7.02. The first kappa shape index (κ1) is 18.7. The third-order valence-electron chi connectivity index (χ3n) is 3.93. The number of carbonyl (C=O) groups is 2. The molecule has 0 saturated heterocycles. The standard InChI is InChI=1S/C20H18FN3O2S/c1-12-18(27-17(23-12)10-13-6-8-15(21)9-7-13)20(26)24-16-5-3-4-14(11-16)19(25)22-2/h3-9,11H,10H2,1-2H3,(H,22,25)(H,24,26). The van der Waals surface area contributed by atoms with Crippen molar-refractivity contribution < 1.29 is 14.0 Å². The number of benzene rings is 2. The molecule has 0 aliphatic heterocycles. The van der Waals surface area contributed by atoms with E-state index in [-0.39, 0.29) is 17.6 Å². The van der Waals surface area contributed by atoms with Gasteiger partial charge in [0.2, 0.25) is 0 Å². The van der Waals surface area contributed by atoms with Crippen molar-refractivity contribution in [2.45, 2.75) is 13.3 Å². The molecule has 3 aromatic rings. The molecule has 0 bridgehead atoms. The molecule has 3 rings (SSSR count). The fraction of sp³-hybridized carbons (Fsp3) is 0.150. The van der Waals surface area contributed by atoms with Crippen LogP contribution in [0.1, 0.15) is 36.3 Å². The minimum atomic E-state index is -0.284. The Hall–Kier alpha value is -3.06. The molecule has 138 valence electrons. The average Bonchev–Trinajstić information content (AvgIpc) is 3.03. The van der Waals surface area contributed by atoms with E-state index in [9.17, 15) is 14.0 Å². The van der Waals surface area contributed by atoms with Gasteiger partial charge in [-0.1, -0.05) is 18.2 Å². The zero-order valence-corrected chi connectivity index (χ0v) is 15.7. The summed E-state index contributed by atoms with van der Waals surface area (Å²) in [4.78, 5) is 29.3. The Morgan fingerprint density at radius 3 is 2.56 bits per heavy atom. The van der Waals surface area contributed by atoms with Crippen LogP contribution < -0.4 is 10.6 Å². The van der Waals surface area contributed by atoms with E-state index in [1.807, 2.05) is 0 Å². The minimum Gasteiger partial charge on any atom is -0.355 e. The van der Waals surface area contributed by atoms with Gasteiger partial charge < -0.3 is 10.6 Å². The Kier molecular flexibility index (Phi) is 5.61. The number of aryl methyl sites for hydroxylation is 1. The number of anilines is 1. The number of amides is 2. The highest BCUT2D eigenvalue weighted by Crippen LogP contribution is 2.22. The number of halogens is 1. The molecule has 2 N–H and O–H groups in total. The number of nitrogens with one attached hydrogen (secondary N) is 2. The molecule has 1 aromatic heterocycles. The highest BCUT2D eigenvalue weighted by atomic mass is 32.1. The number of nitrogens with zero attached hydrogens (tertiary/aromatic N) is 1. The maximum Gasteiger partial charge on any atom is 0.267 e. The van der Waals surface area contributed by atoms with E-state index in [1.165, 1.54) is 23.5 Å². The first-order valence-electron chi connectivity index (χ1n) is 8.30. The first-order chi connectivity index (χ1) is 13.0. The van der Waals surface area contributed by atoms with Gasteiger partial charge in [-0.15, -0.1) is 11.3 Å². The Morgan fingerprint density at radius 2 is 1.85 bits per heavy atom. The Bertz CT molecular complexity index is 983.